The highest BCUT2D eigenvalue weighted by atomic mass is 16.6. The lowest BCUT2D eigenvalue weighted by molar-refractivity contribution is -0.0385. The molecule has 9 heteroatoms. The molecular weight excluding hydrogens is 384 g/mol. The largest absolute Gasteiger partial charge is 0.388 e. The van der Waals surface area contributed by atoms with E-state index in [9.17, 15) is 10.2 Å². The number of aliphatic hydroxyl groups excluding tert-OH is 2. The molecular formula is C21H22N6O3. The number of pyridine rings is 1. The van der Waals surface area contributed by atoms with Crippen LogP contribution in [0.15, 0.2) is 66.0 Å². The van der Waals surface area contributed by atoms with E-state index in [1.54, 1.807) is 31.9 Å². The number of hydrogen-bond donors (Lipinski definition) is 3. The molecule has 2 aliphatic rings. The van der Waals surface area contributed by atoms with Crippen LogP contribution in [0.25, 0.3) is 0 Å². The summed E-state index contributed by atoms with van der Waals surface area (Å²) in [7, 11) is 0. The summed E-state index contributed by atoms with van der Waals surface area (Å²) >= 11 is 0. The number of aliphatic hydroxyl groups is 2. The number of rotatable bonds is 4. The van der Waals surface area contributed by atoms with Gasteiger partial charge in [0.05, 0.1) is 24.2 Å². The zero-order valence-corrected chi connectivity index (χ0v) is 16.3. The second-order valence-electron chi connectivity index (χ2n) is 7.35. The van der Waals surface area contributed by atoms with Gasteiger partial charge in [-0.15, -0.1) is 0 Å². The van der Waals surface area contributed by atoms with Crippen LogP contribution in [-0.4, -0.2) is 49.6 Å². The molecule has 0 spiro atoms. The topological polar surface area (TPSA) is 108 Å². The summed E-state index contributed by atoms with van der Waals surface area (Å²) in [6.45, 7) is 1.72. The number of benzene rings is 1. The number of aromatic nitrogens is 3. The van der Waals surface area contributed by atoms with Crippen LogP contribution < -0.4 is 10.2 Å². The maximum atomic E-state index is 10.4. The third-order valence-corrected chi connectivity index (χ3v) is 5.43. The highest BCUT2D eigenvalue weighted by molar-refractivity contribution is 5.85. The van der Waals surface area contributed by atoms with Gasteiger partial charge in [0.2, 0.25) is 0 Å². The fourth-order valence-corrected chi connectivity index (χ4v) is 3.81. The van der Waals surface area contributed by atoms with Crippen LogP contribution in [-0.2, 0) is 4.74 Å². The summed E-state index contributed by atoms with van der Waals surface area (Å²) in [5, 5.41) is 28.5. The summed E-state index contributed by atoms with van der Waals surface area (Å²) in [6, 6.07) is 13.7. The zero-order valence-electron chi connectivity index (χ0n) is 16.3. The van der Waals surface area contributed by atoms with Gasteiger partial charge in [0.1, 0.15) is 18.4 Å². The number of ether oxygens (including phenoxy) is 1. The number of aliphatic imine (C=N–C) groups is 1. The average molecular weight is 406 g/mol. The van der Waals surface area contributed by atoms with Crippen molar-refractivity contribution in [2.45, 2.75) is 37.6 Å². The molecule has 4 heterocycles. The summed E-state index contributed by atoms with van der Waals surface area (Å²) in [6.07, 6.45) is 3.24. The summed E-state index contributed by atoms with van der Waals surface area (Å²) < 4.78 is 7.28. The number of fused-ring (bicyclic) bond motifs is 1. The van der Waals surface area contributed by atoms with Gasteiger partial charge in [-0.3, -0.25) is 4.98 Å². The number of nitrogens with zero attached hydrogens (tertiary/aromatic N) is 5. The van der Waals surface area contributed by atoms with Crippen LogP contribution in [0.3, 0.4) is 0 Å². The predicted molar refractivity (Wildman–Crippen MR) is 111 cm³/mol. The zero-order chi connectivity index (χ0) is 20.7. The second kappa shape index (κ2) is 7.52. The van der Waals surface area contributed by atoms with Crippen LogP contribution in [0.5, 0.6) is 0 Å². The van der Waals surface area contributed by atoms with E-state index in [2.05, 4.69) is 20.4 Å². The van der Waals surface area contributed by atoms with Gasteiger partial charge in [0.25, 0.3) is 0 Å². The SMILES string of the molecule is C[C@H]1O[C@@H](n2ncc3c2N=CN(c2ccccc2)C3Nc2ccncc2)[C@@H](O)[C@H]1O. The molecule has 1 unspecified atom stereocenters. The molecule has 2 aromatic heterocycles. The van der Waals surface area contributed by atoms with Crippen molar-refractivity contribution in [2.24, 2.45) is 4.99 Å². The molecule has 30 heavy (non-hydrogen) atoms. The van der Waals surface area contributed by atoms with Crippen molar-refractivity contribution < 1.29 is 14.9 Å². The average Bonchev–Trinajstić information content (AvgIpc) is 3.32. The number of para-hydroxylation sites is 1. The number of anilines is 2. The second-order valence-corrected chi connectivity index (χ2v) is 7.35. The first-order valence-electron chi connectivity index (χ1n) is 9.76. The van der Waals surface area contributed by atoms with Crippen molar-refractivity contribution >= 4 is 23.5 Å². The first-order chi connectivity index (χ1) is 14.6. The smallest absolute Gasteiger partial charge is 0.181 e. The summed E-state index contributed by atoms with van der Waals surface area (Å²) in [5.74, 6) is 0.569. The van der Waals surface area contributed by atoms with E-state index in [1.165, 1.54) is 4.68 Å². The molecule has 3 N–H and O–H groups in total. The third-order valence-electron chi connectivity index (χ3n) is 5.43. The fourth-order valence-electron chi connectivity index (χ4n) is 3.81. The predicted octanol–water partition coefficient (Wildman–Crippen LogP) is 2.21. The van der Waals surface area contributed by atoms with Gasteiger partial charge < -0.3 is 25.2 Å². The van der Waals surface area contributed by atoms with Crippen molar-refractivity contribution in [3.8, 4) is 0 Å². The van der Waals surface area contributed by atoms with E-state index in [0.717, 1.165) is 16.9 Å². The molecule has 0 aliphatic carbocycles. The molecule has 2 aliphatic heterocycles. The number of hydrogen-bond acceptors (Lipinski definition) is 8. The Morgan fingerprint density at radius 2 is 1.80 bits per heavy atom. The van der Waals surface area contributed by atoms with Crippen LogP contribution in [0.2, 0.25) is 0 Å². The van der Waals surface area contributed by atoms with Gasteiger partial charge in [0.15, 0.2) is 12.0 Å². The number of nitrogens with one attached hydrogen (secondary N) is 1. The minimum absolute atomic E-state index is 0.294. The van der Waals surface area contributed by atoms with Gasteiger partial charge in [-0.05, 0) is 31.2 Å². The Labute approximate surface area is 173 Å². The molecule has 0 amide bonds. The lowest BCUT2D eigenvalue weighted by Crippen LogP contribution is -2.35. The van der Waals surface area contributed by atoms with Gasteiger partial charge in [-0.25, -0.2) is 9.67 Å². The minimum Gasteiger partial charge on any atom is -0.388 e. The Kier molecular flexibility index (Phi) is 4.70. The summed E-state index contributed by atoms with van der Waals surface area (Å²) in [4.78, 5) is 10.7. The highest BCUT2D eigenvalue weighted by Gasteiger charge is 2.43. The van der Waals surface area contributed by atoms with E-state index in [0.29, 0.717) is 5.82 Å². The van der Waals surface area contributed by atoms with Crippen LogP contribution in [0, 0.1) is 0 Å². The molecule has 0 saturated carbocycles. The van der Waals surface area contributed by atoms with Crippen molar-refractivity contribution in [1.29, 1.82) is 0 Å². The lowest BCUT2D eigenvalue weighted by atomic mass is 10.1. The van der Waals surface area contributed by atoms with E-state index in [1.807, 2.05) is 47.4 Å². The first-order valence-corrected chi connectivity index (χ1v) is 9.76. The molecule has 154 valence electrons. The van der Waals surface area contributed by atoms with Crippen molar-refractivity contribution in [2.75, 3.05) is 10.2 Å². The molecule has 5 atom stereocenters. The highest BCUT2D eigenvalue weighted by Crippen LogP contribution is 2.40. The standard InChI is InChI=1S/C21H22N6O3/c1-13-17(28)18(29)21(30-13)27-19-16(11-24-27)20(25-14-7-9-22-10-8-14)26(12-23-19)15-5-3-2-4-6-15/h2-13,17-18,20-21,28-29H,1H3,(H,22,25)/t13-,17+,18+,20?,21-/m1/s1. The Hall–Kier alpha value is -3.27. The van der Waals surface area contributed by atoms with Gasteiger partial charge in [-0.2, -0.15) is 5.10 Å². The third kappa shape index (κ3) is 3.13. The maximum absolute atomic E-state index is 10.4. The van der Waals surface area contributed by atoms with Crippen molar-refractivity contribution in [3.05, 3.63) is 66.6 Å². The fraction of sp³-hybridized carbons (Fsp3) is 0.286. The molecule has 0 bridgehead atoms. The van der Waals surface area contributed by atoms with Crippen molar-refractivity contribution in [3.63, 3.8) is 0 Å². The minimum atomic E-state index is -1.09. The molecule has 5 rings (SSSR count). The van der Waals surface area contributed by atoms with Crippen LogP contribution in [0.1, 0.15) is 24.9 Å². The maximum Gasteiger partial charge on any atom is 0.181 e. The van der Waals surface area contributed by atoms with E-state index >= 15 is 0 Å². The van der Waals surface area contributed by atoms with Crippen LogP contribution in [0.4, 0.5) is 17.2 Å². The molecule has 1 aromatic carbocycles. The van der Waals surface area contributed by atoms with Gasteiger partial charge in [0, 0.05) is 23.8 Å². The van der Waals surface area contributed by atoms with Gasteiger partial charge in [-0.1, -0.05) is 18.2 Å². The normalized spacial score (nSPS) is 27.8. The first kappa shape index (κ1) is 18.7. The van der Waals surface area contributed by atoms with E-state index in [-0.39, 0.29) is 6.17 Å². The quantitative estimate of drug-likeness (QED) is 0.610. The lowest BCUT2D eigenvalue weighted by Gasteiger charge is -2.34. The molecule has 9 nitrogen and oxygen atoms in total. The Bertz CT molecular complexity index is 1040. The van der Waals surface area contributed by atoms with Crippen molar-refractivity contribution in [1.82, 2.24) is 14.8 Å². The molecule has 3 aromatic rings. The Morgan fingerprint density at radius 1 is 1.03 bits per heavy atom. The monoisotopic (exact) mass is 406 g/mol. The Balaban J connectivity index is 1.55. The van der Waals surface area contributed by atoms with E-state index in [4.69, 9.17) is 4.74 Å². The van der Waals surface area contributed by atoms with Crippen LogP contribution >= 0.6 is 0 Å². The van der Waals surface area contributed by atoms with E-state index < -0.39 is 24.5 Å². The molecule has 1 saturated heterocycles. The summed E-state index contributed by atoms with van der Waals surface area (Å²) in [5.41, 5.74) is 2.68. The Morgan fingerprint density at radius 3 is 2.50 bits per heavy atom. The van der Waals surface area contributed by atoms with Gasteiger partial charge >= 0.3 is 0 Å². The molecule has 1 fully saturated rings. The molecule has 0 radical (unpaired) electrons.